The highest BCUT2D eigenvalue weighted by Crippen LogP contribution is 2.28. The number of carbonyl (C=O) groups excluding carboxylic acids is 1. The number of aliphatic hydroxyl groups is 1. The first-order valence-corrected chi connectivity index (χ1v) is 6.30. The molecule has 1 heterocycles. The van der Waals surface area contributed by atoms with Crippen LogP contribution in [0.2, 0.25) is 0 Å². The Morgan fingerprint density at radius 1 is 1.38 bits per heavy atom. The smallest absolute Gasteiger partial charge is 0.225 e. The fraction of sp³-hybridized carbons (Fsp3) is 0.917. The van der Waals surface area contributed by atoms with Crippen LogP contribution in [0.5, 0.6) is 0 Å². The van der Waals surface area contributed by atoms with E-state index in [1.807, 2.05) is 11.8 Å². The van der Waals surface area contributed by atoms with Crippen molar-refractivity contribution in [3.63, 3.8) is 0 Å². The fourth-order valence-electron chi connectivity index (χ4n) is 2.83. The minimum atomic E-state index is -0.241. The zero-order valence-corrected chi connectivity index (χ0v) is 9.93. The molecule has 1 saturated heterocycles. The number of nitrogens with two attached hydrogens (primary N) is 1. The molecule has 2 fully saturated rings. The van der Waals surface area contributed by atoms with E-state index in [9.17, 15) is 9.90 Å². The lowest BCUT2D eigenvalue weighted by Gasteiger charge is -2.35. The van der Waals surface area contributed by atoms with Crippen molar-refractivity contribution in [3.05, 3.63) is 0 Å². The zero-order chi connectivity index (χ0) is 11.7. The summed E-state index contributed by atoms with van der Waals surface area (Å²) in [4.78, 5) is 14.1. The average molecular weight is 226 g/mol. The number of likely N-dealkylation sites (tertiary alicyclic amines) is 1. The second-order valence-corrected chi connectivity index (χ2v) is 5.39. The van der Waals surface area contributed by atoms with Crippen LogP contribution in [0.1, 0.15) is 32.6 Å². The number of rotatable bonds is 1. The number of piperidine rings is 1. The predicted octanol–water partition coefficient (Wildman–Crippen LogP) is 0.343. The lowest BCUT2D eigenvalue weighted by molar-refractivity contribution is -0.138. The second kappa shape index (κ2) is 4.72. The van der Waals surface area contributed by atoms with Gasteiger partial charge < -0.3 is 15.7 Å². The average Bonchev–Trinajstić information content (AvgIpc) is 2.68. The molecule has 2 rings (SSSR count). The maximum Gasteiger partial charge on any atom is 0.225 e. The van der Waals surface area contributed by atoms with Crippen molar-refractivity contribution in [2.45, 2.75) is 44.8 Å². The highest BCUT2D eigenvalue weighted by atomic mass is 16.3. The van der Waals surface area contributed by atoms with Crippen molar-refractivity contribution in [3.8, 4) is 0 Å². The molecular formula is C12H22N2O2. The molecule has 1 amide bonds. The standard InChI is InChI=1S/C12H22N2O2/c1-8-7-14(5-4-11(8)15)12(16)9-2-3-10(13)6-9/h8-11,15H,2-7,13H2,1H3. The molecule has 1 saturated carbocycles. The summed E-state index contributed by atoms with van der Waals surface area (Å²) in [5.74, 6) is 0.594. The SMILES string of the molecule is CC1CN(C(=O)C2CCC(N)C2)CCC1O. The van der Waals surface area contributed by atoms with Gasteiger partial charge in [0.15, 0.2) is 0 Å². The Kier molecular flexibility index (Phi) is 3.50. The van der Waals surface area contributed by atoms with Crippen LogP contribution < -0.4 is 5.73 Å². The first-order chi connectivity index (χ1) is 7.58. The first-order valence-electron chi connectivity index (χ1n) is 6.30. The van der Waals surface area contributed by atoms with Gasteiger partial charge in [0.2, 0.25) is 5.91 Å². The van der Waals surface area contributed by atoms with Crippen LogP contribution in [0, 0.1) is 11.8 Å². The lowest BCUT2D eigenvalue weighted by atomic mass is 9.95. The van der Waals surface area contributed by atoms with Crippen LogP contribution in [0.25, 0.3) is 0 Å². The van der Waals surface area contributed by atoms with Gasteiger partial charge in [0.25, 0.3) is 0 Å². The third kappa shape index (κ3) is 2.38. The van der Waals surface area contributed by atoms with Crippen molar-refractivity contribution < 1.29 is 9.90 Å². The van der Waals surface area contributed by atoms with Gasteiger partial charge in [-0.2, -0.15) is 0 Å². The van der Waals surface area contributed by atoms with Gasteiger partial charge in [0.1, 0.15) is 0 Å². The van der Waals surface area contributed by atoms with Gasteiger partial charge in [-0.1, -0.05) is 6.92 Å². The Labute approximate surface area is 96.8 Å². The predicted molar refractivity (Wildman–Crippen MR) is 61.7 cm³/mol. The number of hydrogen-bond donors (Lipinski definition) is 2. The normalized spacial score (nSPS) is 40.1. The summed E-state index contributed by atoms with van der Waals surface area (Å²) < 4.78 is 0. The van der Waals surface area contributed by atoms with E-state index in [2.05, 4.69) is 0 Å². The van der Waals surface area contributed by atoms with Gasteiger partial charge in [0.05, 0.1) is 6.10 Å². The number of nitrogens with zero attached hydrogens (tertiary/aromatic N) is 1. The summed E-state index contributed by atoms with van der Waals surface area (Å²) in [7, 11) is 0. The number of aliphatic hydroxyl groups excluding tert-OH is 1. The molecule has 0 aromatic carbocycles. The van der Waals surface area contributed by atoms with E-state index >= 15 is 0 Å². The van der Waals surface area contributed by atoms with Crippen LogP contribution in [0.4, 0.5) is 0 Å². The quantitative estimate of drug-likeness (QED) is 0.677. The van der Waals surface area contributed by atoms with Gasteiger partial charge in [-0.05, 0) is 31.6 Å². The Morgan fingerprint density at radius 2 is 2.12 bits per heavy atom. The molecule has 92 valence electrons. The van der Waals surface area contributed by atoms with E-state index in [0.29, 0.717) is 19.5 Å². The Bertz CT molecular complexity index is 270. The van der Waals surface area contributed by atoms with E-state index in [1.165, 1.54) is 0 Å². The van der Waals surface area contributed by atoms with Crippen molar-refractivity contribution in [2.75, 3.05) is 13.1 Å². The molecule has 1 aliphatic carbocycles. The molecule has 3 N–H and O–H groups in total. The molecule has 4 unspecified atom stereocenters. The molecule has 2 aliphatic rings. The van der Waals surface area contributed by atoms with Gasteiger partial charge >= 0.3 is 0 Å². The summed E-state index contributed by atoms with van der Waals surface area (Å²) in [6.07, 6.45) is 3.23. The van der Waals surface area contributed by atoms with Crippen LogP contribution in [-0.2, 0) is 4.79 Å². The van der Waals surface area contributed by atoms with Crippen molar-refractivity contribution in [2.24, 2.45) is 17.6 Å². The molecule has 16 heavy (non-hydrogen) atoms. The van der Waals surface area contributed by atoms with Crippen LogP contribution in [0.3, 0.4) is 0 Å². The molecule has 0 spiro atoms. The molecule has 4 nitrogen and oxygen atoms in total. The molecule has 0 aromatic heterocycles. The van der Waals surface area contributed by atoms with Gasteiger partial charge in [-0.3, -0.25) is 4.79 Å². The van der Waals surface area contributed by atoms with Gasteiger partial charge in [-0.15, -0.1) is 0 Å². The minimum absolute atomic E-state index is 0.137. The minimum Gasteiger partial charge on any atom is -0.393 e. The molecule has 0 aromatic rings. The van der Waals surface area contributed by atoms with Crippen LogP contribution in [-0.4, -0.2) is 41.1 Å². The third-order valence-corrected chi connectivity index (χ3v) is 3.99. The lowest BCUT2D eigenvalue weighted by Crippen LogP contribution is -2.46. The van der Waals surface area contributed by atoms with Crippen molar-refractivity contribution >= 4 is 5.91 Å². The number of carbonyl (C=O) groups is 1. The molecule has 0 bridgehead atoms. The number of hydrogen-bond acceptors (Lipinski definition) is 3. The van der Waals surface area contributed by atoms with E-state index in [-0.39, 0.29) is 29.9 Å². The Balaban J connectivity index is 1.90. The van der Waals surface area contributed by atoms with Crippen molar-refractivity contribution in [1.82, 2.24) is 4.90 Å². The highest BCUT2D eigenvalue weighted by Gasteiger charge is 2.34. The van der Waals surface area contributed by atoms with Crippen LogP contribution >= 0.6 is 0 Å². The topological polar surface area (TPSA) is 66.6 Å². The summed E-state index contributed by atoms with van der Waals surface area (Å²) in [5.41, 5.74) is 5.83. The summed E-state index contributed by atoms with van der Waals surface area (Å²) in [6, 6.07) is 0.210. The van der Waals surface area contributed by atoms with E-state index in [4.69, 9.17) is 5.73 Å². The van der Waals surface area contributed by atoms with E-state index < -0.39 is 0 Å². The third-order valence-electron chi connectivity index (χ3n) is 3.99. The molecule has 0 radical (unpaired) electrons. The van der Waals surface area contributed by atoms with E-state index in [1.54, 1.807) is 0 Å². The highest BCUT2D eigenvalue weighted by molar-refractivity contribution is 5.79. The van der Waals surface area contributed by atoms with Gasteiger partial charge in [0, 0.05) is 25.0 Å². The zero-order valence-electron chi connectivity index (χ0n) is 9.93. The fourth-order valence-corrected chi connectivity index (χ4v) is 2.83. The Morgan fingerprint density at radius 3 is 2.69 bits per heavy atom. The van der Waals surface area contributed by atoms with Crippen LogP contribution in [0.15, 0.2) is 0 Å². The maximum absolute atomic E-state index is 12.2. The summed E-state index contributed by atoms with van der Waals surface area (Å²) in [5, 5.41) is 9.63. The van der Waals surface area contributed by atoms with Crippen molar-refractivity contribution in [1.29, 1.82) is 0 Å². The Hall–Kier alpha value is -0.610. The molecule has 4 heteroatoms. The first kappa shape index (κ1) is 11.9. The number of amides is 1. The van der Waals surface area contributed by atoms with Gasteiger partial charge in [-0.25, -0.2) is 0 Å². The largest absolute Gasteiger partial charge is 0.393 e. The molecule has 4 atom stereocenters. The maximum atomic E-state index is 12.2. The van der Waals surface area contributed by atoms with E-state index in [0.717, 1.165) is 19.3 Å². The summed E-state index contributed by atoms with van der Waals surface area (Å²) >= 11 is 0. The second-order valence-electron chi connectivity index (χ2n) is 5.39. The summed E-state index contributed by atoms with van der Waals surface area (Å²) in [6.45, 7) is 3.41. The monoisotopic (exact) mass is 226 g/mol. The molecular weight excluding hydrogens is 204 g/mol. The molecule has 1 aliphatic heterocycles.